The van der Waals surface area contributed by atoms with Gasteiger partial charge in [-0.25, -0.2) is 4.68 Å². The van der Waals surface area contributed by atoms with E-state index in [0.717, 1.165) is 22.8 Å². The van der Waals surface area contributed by atoms with Crippen molar-refractivity contribution in [1.29, 1.82) is 0 Å². The van der Waals surface area contributed by atoms with E-state index < -0.39 is 18.1 Å². The molecule has 1 fully saturated rings. The lowest BCUT2D eigenvalue weighted by atomic mass is 9.78. The fraction of sp³-hybridized carbons (Fsp3) is 0.478. The van der Waals surface area contributed by atoms with Crippen molar-refractivity contribution >= 4 is 22.9 Å². The maximum Gasteiger partial charge on any atom is 0.297 e. The van der Waals surface area contributed by atoms with E-state index >= 15 is 0 Å². The van der Waals surface area contributed by atoms with Crippen LogP contribution in [0.3, 0.4) is 0 Å². The van der Waals surface area contributed by atoms with Crippen LogP contribution in [-0.4, -0.2) is 40.9 Å². The van der Waals surface area contributed by atoms with Crippen LogP contribution >= 0.6 is 22.9 Å². The highest BCUT2D eigenvalue weighted by Gasteiger charge is 2.53. The van der Waals surface area contributed by atoms with Gasteiger partial charge in [-0.2, -0.15) is 8.78 Å². The summed E-state index contributed by atoms with van der Waals surface area (Å²) in [5, 5.41) is 12.3. The zero-order valence-electron chi connectivity index (χ0n) is 18.4. The summed E-state index contributed by atoms with van der Waals surface area (Å²) >= 11 is 7.35. The number of benzene rings is 1. The van der Waals surface area contributed by atoms with E-state index in [-0.39, 0.29) is 17.6 Å². The molecule has 0 unspecified atom stereocenters. The SMILES string of the molecule is C[C@H]1C[C@@]2(C[C@@H](c3cn(Cc4cccc5c4OCCO5)nn3)N1)OCC(F)(F)c1cc(Cl)sc12. The second-order valence-electron chi connectivity index (χ2n) is 9.09. The minimum atomic E-state index is -3.04. The summed E-state index contributed by atoms with van der Waals surface area (Å²) in [5.74, 6) is -1.59. The van der Waals surface area contributed by atoms with Crippen molar-refractivity contribution < 1.29 is 23.0 Å². The lowest BCUT2D eigenvalue weighted by molar-refractivity contribution is -0.183. The predicted octanol–water partition coefficient (Wildman–Crippen LogP) is 4.64. The minimum Gasteiger partial charge on any atom is -0.486 e. The molecule has 0 saturated carbocycles. The standard InChI is InChI=1S/C23H23ClF2N4O3S/c1-13-8-22(21-15(7-19(24)34-21)23(25,26)12-33-22)9-16(27-13)17-11-30(29-28-17)10-14-3-2-4-18-20(14)32-6-5-31-18/h2-4,7,11,13,16,27H,5-6,8-10,12H2,1H3/t13-,16-,22-/m0/s1. The van der Waals surface area contributed by atoms with Crippen LogP contribution in [0.2, 0.25) is 4.34 Å². The summed E-state index contributed by atoms with van der Waals surface area (Å²) in [6.45, 7) is 2.88. The Balaban J connectivity index is 1.27. The third-order valence-corrected chi connectivity index (χ3v) is 8.04. The summed E-state index contributed by atoms with van der Waals surface area (Å²) in [6, 6.07) is 6.99. The first kappa shape index (κ1) is 22.2. The van der Waals surface area contributed by atoms with Gasteiger partial charge in [-0.3, -0.25) is 0 Å². The van der Waals surface area contributed by atoms with Gasteiger partial charge in [0.2, 0.25) is 0 Å². The number of halogens is 3. The van der Waals surface area contributed by atoms with Crippen molar-refractivity contribution in [2.45, 2.75) is 49.9 Å². The van der Waals surface area contributed by atoms with Crippen LogP contribution in [0.4, 0.5) is 8.78 Å². The van der Waals surface area contributed by atoms with Crippen molar-refractivity contribution in [2.75, 3.05) is 19.8 Å². The first-order valence-corrected chi connectivity index (χ1v) is 12.4. The van der Waals surface area contributed by atoms with Gasteiger partial charge >= 0.3 is 0 Å². The van der Waals surface area contributed by atoms with Crippen molar-refractivity contribution in [3.8, 4) is 11.5 Å². The molecule has 11 heteroatoms. The van der Waals surface area contributed by atoms with Crippen LogP contribution in [0.5, 0.6) is 11.5 Å². The molecule has 6 rings (SSSR count). The maximum absolute atomic E-state index is 14.6. The van der Waals surface area contributed by atoms with Gasteiger partial charge in [0.1, 0.15) is 25.4 Å². The Bertz CT molecular complexity index is 1230. The van der Waals surface area contributed by atoms with Crippen LogP contribution in [0, 0.1) is 0 Å². The van der Waals surface area contributed by atoms with E-state index in [2.05, 4.69) is 15.6 Å². The van der Waals surface area contributed by atoms with Crippen molar-refractivity contribution in [3.63, 3.8) is 0 Å². The average molecular weight is 509 g/mol. The number of fused-ring (bicyclic) bond motifs is 3. The number of piperidine rings is 1. The fourth-order valence-electron chi connectivity index (χ4n) is 5.19. The molecular weight excluding hydrogens is 486 g/mol. The molecule has 7 nitrogen and oxygen atoms in total. The molecule has 0 amide bonds. The Labute approximate surface area is 204 Å². The van der Waals surface area contributed by atoms with E-state index in [0.29, 0.717) is 41.8 Å². The van der Waals surface area contributed by atoms with Gasteiger partial charge in [-0.1, -0.05) is 28.9 Å². The van der Waals surface area contributed by atoms with E-state index in [1.165, 1.54) is 17.4 Å². The molecule has 0 radical (unpaired) electrons. The number of thiophene rings is 1. The first-order chi connectivity index (χ1) is 16.3. The monoisotopic (exact) mass is 508 g/mol. The maximum atomic E-state index is 14.6. The van der Waals surface area contributed by atoms with Crippen LogP contribution in [-0.2, 0) is 22.8 Å². The van der Waals surface area contributed by atoms with Crippen LogP contribution in [0.1, 0.15) is 47.5 Å². The van der Waals surface area contributed by atoms with Gasteiger partial charge in [0, 0.05) is 28.5 Å². The third kappa shape index (κ3) is 3.77. The smallest absolute Gasteiger partial charge is 0.297 e. The molecule has 180 valence electrons. The Hall–Kier alpha value is -2.27. The molecule has 5 heterocycles. The van der Waals surface area contributed by atoms with E-state index in [1.807, 2.05) is 31.3 Å². The lowest BCUT2D eigenvalue weighted by Crippen LogP contribution is -2.51. The van der Waals surface area contributed by atoms with E-state index in [1.54, 1.807) is 4.68 Å². The Morgan fingerprint density at radius 1 is 1.26 bits per heavy atom. The van der Waals surface area contributed by atoms with Gasteiger partial charge in [0.15, 0.2) is 11.5 Å². The number of rotatable bonds is 3. The number of nitrogens with zero attached hydrogens (tertiary/aromatic N) is 3. The Morgan fingerprint density at radius 3 is 3.00 bits per heavy atom. The van der Waals surface area contributed by atoms with E-state index in [9.17, 15) is 8.78 Å². The summed E-state index contributed by atoms with van der Waals surface area (Å²) in [6.07, 6.45) is 2.92. The van der Waals surface area contributed by atoms with Gasteiger partial charge in [0.05, 0.1) is 28.8 Å². The minimum absolute atomic E-state index is 0.0127. The van der Waals surface area contributed by atoms with Crippen molar-refractivity contribution in [2.24, 2.45) is 0 Å². The quantitative estimate of drug-likeness (QED) is 0.555. The summed E-state index contributed by atoms with van der Waals surface area (Å²) in [7, 11) is 0. The molecule has 3 aliphatic rings. The molecule has 0 aliphatic carbocycles. The molecule has 2 aromatic heterocycles. The van der Waals surface area contributed by atoms with Crippen LogP contribution < -0.4 is 14.8 Å². The number of ether oxygens (including phenoxy) is 3. The average Bonchev–Trinajstić information content (AvgIpc) is 3.45. The number of hydrogen-bond donors (Lipinski definition) is 1. The Morgan fingerprint density at radius 2 is 2.12 bits per heavy atom. The molecule has 1 aromatic carbocycles. The number of alkyl halides is 2. The zero-order valence-corrected chi connectivity index (χ0v) is 20.0. The molecular formula is C23H23ClF2N4O3S. The van der Waals surface area contributed by atoms with Crippen LogP contribution in [0.15, 0.2) is 30.5 Å². The van der Waals surface area contributed by atoms with Crippen molar-refractivity contribution in [3.05, 3.63) is 56.5 Å². The summed E-state index contributed by atoms with van der Waals surface area (Å²) < 4.78 is 48.6. The largest absolute Gasteiger partial charge is 0.486 e. The van der Waals surface area contributed by atoms with E-state index in [4.69, 9.17) is 25.8 Å². The molecule has 1 N–H and O–H groups in total. The highest BCUT2D eigenvalue weighted by molar-refractivity contribution is 7.16. The predicted molar refractivity (Wildman–Crippen MR) is 122 cm³/mol. The van der Waals surface area contributed by atoms with Gasteiger partial charge in [-0.15, -0.1) is 16.4 Å². The fourth-order valence-corrected chi connectivity index (χ4v) is 6.63. The van der Waals surface area contributed by atoms with Crippen LogP contribution in [0.25, 0.3) is 0 Å². The molecule has 3 aliphatic heterocycles. The molecule has 1 saturated heterocycles. The van der Waals surface area contributed by atoms with Gasteiger partial charge in [0.25, 0.3) is 5.92 Å². The molecule has 3 aromatic rings. The second-order valence-corrected chi connectivity index (χ2v) is 10.8. The topological polar surface area (TPSA) is 70.4 Å². The molecule has 34 heavy (non-hydrogen) atoms. The van der Waals surface area contributed by atoms with Gasteiger partial charge in [-0.05, 0) is 25.5 Å². The number of hydrogen-bond acceptors (Lipinski definition) is 7. The normalized spacial score (nSPS) is 27.5. The van der Waals surface area contributed by atoms with Gasteiger partial charge < -0.3 is 19.5 Å². The highest BCUT2D eigenvalue weighted by atomic mass is 35.5. The zero-order chi connectivity index (χ0) is 23.5. The molecule has 0 bridgehead atoms. The molecule has 3 atom stereocenters. The lowest BCUT2D eigenvalue weighted by Gasteiger charge is -2.47. The Kier molecular flexibility index (Phi) is 5.32. The summed E-state index contributed by atoms with van der Waals surface area (Å²) in [5.41, 5.74) is 0.836. The number of para-hydroxylation sites is 1. The third-order valence-electron chi connectivity index (χ3n) is 6.59. The number of aromatic nitrogens is 3. The number of nitrogens with one attached hydrogen (secondary N) is 1. The first-order valence-electron chi connectivity index (χ1n) is 11.2. The summed E-state index contributed by atoms with van der Waals surface area (Å²) in [4.78, 5) is 0.521. The second kappa shape index (κ2) is 8.15. The highest BCUT2D eigenvalue weighted by Crippen LogP contribution is 2.54. The van der Waals surface area contributed by atoms with Crippen molar-refractivity contribution in [1.82, 2.24) is 20.3 Å². The molecule has 1 spiro atoms.